The molecule has 0 radical (unpaired) electrons. The summed E-state index contributed by atoms with van der Waals surface area (Å²) in [6.45, 7) is 7.21. The molecular formula is C17H22O. The molecule has 0 saturated carbocycles. The van der Waals surface area contributed by atoms with Gasteiger partial charge in [-0.2, -0.15) is 0 Å². The van der Waals surface area contributed by atoms with Gasteiger partial charge in [0.2, 0.25) is 0 Å². The summed E-state index contributed by atoms with van der Waals surface area (Å²) in [5, 5.41) is 9.26. The fourth-order valence-electron chi connectivity index (χ4n) is 1.24. The molecule has 0 aromatic rings. The van der Waals surface area contributed by atoms with Crippen LogP contribution >= 0.6 is 0 Å². The Hall–Kier alpha value is -1.70. The predicted molar refractivity (Wildman–Crippen MR) is 78.8 cm³/mol. The van der Waals surface area contributed by atoms with Gasteiger partial charge in [0.25, 0.3) is 0 Å². The van der Waals surface area contributed by atoms with E-state index in [-0.39, 0.29) is 0 Å². The molecule has 0 bridgehead atoms. The van der Waals surface area contributed by atoms with Crippen molar-refractivity contribution in [2.75, 3.05) is 0 Å². The normalized spacial score (nSPS) is 10.9. The number of unbranched alkanes of at least 4 members (excludes halogenated alkanes) is 3. The molecule has 0 aromatic heterocycles. The smallest absolute Gasteiger partial charge is 0.119 e. The molecule has 0 fully saturated rings. The van der Waals surface area contributed by atoms with Gasteiger partial charge in [0, 0.05) is 12.8 Å². The van der Waals surface area contributed by atoms with Crippen LogP contribution in [0, 0.1) is 23.7 Å². The van der Waals surface area contributed by atoms with Crippen LogP contribution in [-0.2, 0) is 0 Å². The summed E-state index contributed by atoms with van der Waals surface area (Å²) in [7, 11) is 0. The van der Waals surface area contributed by atoms with Gasteiger partial charge in [-0.05, 0) is 37.5 Å². The van der Waals surface area contributed by atoms with Crippen LogP contribution < -0.4 is 0 Å². The molecule has 0 aliphatic heterocycles. The molecule has 96 valence electrons. The minimum atomic E-state index is -0.641. The summed E-state index contributed by atoms with van der Waals surface area (Å²) in [6, 6.07) is 0. The molecule has 18 heavy (non-hydrogen) atoms. The van der Waals surface area contributed by atoms with Crippen LogP contribution in [0.2, 0.25) is 0 Å². The van der Waals surface area contributed by atoms with Gasteiger partial charge in [0.1, 0.15) is 6.10 Å². The summed E-state index contributed by atoms with van der Waals surface area (Å²) in [5.41, 5.74) is 0. The molecule has 0 aromatic carbocycles. The Morgan fingerprint density at radius 1 is 1.00 bits per heavy atom. The highest BCUT2D eigenvalue weighted by Gasteiger charge is 1.91. The summed E-state index contributed by atoms with van der Waals surface area (Å²) >= 11 is 0. The van der Waals surface area contributed by atoms with Gasteiger partial charge in [0.05, 0.1) is 0 Å². The Kier molecular flexibility index (Phi) is 12.1. The van der Waals surface area contributed by atoms with E-state index in [1.807, 2.05) is 6.08 Å². The van der Waals surface area contributed by atoms with E-state index in [1.165, 1.54) is 12.8 Å². The van der Waals surface area contributed by atoms with E-state index in [1.54, 1.807) is 6.08 Å². The van der Waals surface area contributed by atoms with Crippen LogP contribution in [0.5, 0.6) is 0 Å². The third-order valence-corrected chi connectivity index (χ3v) is 2.20. The van der Waals surface area contributed by atoms with Crippen LogP contribution in [0.25, 0.3) is 0 Å². The van der Waals surface area contributed by atoms with Crippen LogP contribution in [0.1, 0.15) is 38.5 Å². The second-order valence-electron chi connectivity index (χ2n) is 3.86. The summed E-state index contributed by atoms with van der Waals surface area (Å²) in [6.07, 6.45) is 13.0. The zero-order valence-corrected chi connectivity index (χ0v) is 11.0. The van der Waals surface area contributed by atoms with Gasteiger partial charge < -0.3 is 5.11 Å². The molecule has 0 aliphatic rings. The lowest BCUT2D eigenvalue weighted by Gasteiger charge is -1.93. The number of allylic oxidation sites excluding steroid dienone is 3. The number of hydrogen-bond acceptors (Lipinski definition) is 1. The van der Waals surface area contributed by atoms with Crippen molar-refractivity contribution in [2.45, 2.75) is 44.6 Å². The van der Waals surface area contributed by atoms with Crippen molar-refractivity contribution in [3.8, 4) is 23.7 Å². The van der Waals surface area contributed by atoms with Gasteiger partial charge in [0.15, 0.2) is 0 Å². The number of aliphatic hydroxyl groups excluding tert-OH is 1. The topological polar surface area (TPSA) is 20.2 Å². The summed E-state index contributed by atoms with van der Waals surface area (Å²) < 4.78 is 0. The Morgan fingerprint density at radius 2 is 1.78 bits per heavy atom. The van der Waals surface area contributed by atoms with Crippen molar-refractivity contribution in [3.05, 3.63) is 37.5 Å². The average molecular weight is 242 g/mol. The second-order valence-corrected chi connectivity index (χ2v) is 3.86. The average Bonchev–Trinajstić information content (AvgIpc) is 2.36. The Balaban J connectivity index is 3.61. The zero-order chi connectivity index (χ0) is 13.5. The largest absolute Gasteiger partial charge is 0.380 e. The minimum Gasteiger partial charge on any atom is -0.380 e. The van der Waals surface area contributed by atoms with Crippen molar-refractivity contribution in [1.29, 1.82) is 0 Å². The standard InChI is InChI=1S/C17H22O/c1-3-5-6-7-8-9-10-11-12-13-14-16-17(18)15-4-2/h3-4,9-10,17-18H,1-2,5-8,11,15H2/b10-9+/t17-/m0/s1. The number of hydrogen-bond donors (Lipinski definition) is 1. The fourth-order valence-corrected chi connectivity index (χ4v) is 1.24. The zero-order valence-electron chi connectivity index (χ0n) is 11.0. The molecule has 1 nitrogen and oxygen atoms in total. The maximum Gasteiger partial charge on any atom is 0.119 e. The molecular weight excluding hydrogens is 220 g/mol. The van der Waals surface area contributed by atoms with E-state index in [2.05, 4.69) is 49.0 Å². The van der Waals surface area contributed by atoms with Crippen molar-refractivity contribution in [1.82, 2.24) is 0 Å². The van der Waals surface area contributed by atoms with Crippen LogP contribution in [0.3, 0.4) is 0 Å². The van der Waals surface area contributed by atoms with Gasteiger partial charge in [-0.1, -0.05) is 36.1 Å². The van der Waals surface area contributed by atoms with Gasteiger partial charge in [-0.15, -0.1) is 13.2 Å². The predicted octanol–water partition coefficient (Wildman–Crippen LogP) is 3.62. The van der Waals surface area contributed by atoms with Gasteiger partial charge >= 0.3 is 0 Å². The quantitative estimate of drug-likeness (QED) is 0.391. The molecule has 0 saturated heterocycles. The van der Waals surface area contributed by atoms with Crippen LogP contribution in [0.15, 0.2) is 37.5 Å². The molecule has 0 amide bonds. The first-order valence-corrected chi connectivity index (χ1v) is 6.34. The maximum absolute atomic E-state index is 9.26. The SMILES string of the molecule is C=CCCCC/C=C/CC#CC#C[C@@H](O)CC=C. The molecule has 1 heteroatoms. The summed E-state index contributed by atoms with van der Waals surface area (Å²) in [5.74, 6) is 10.9. The van der Waals surface area contributed by atoms with Crippen molar-refractivity contribution in [3.63, 3.8) is 0 Å². The molecule has 0 aliphatic carbocycles. The van der Waals surface area contributed by atoms with E-state index in [0.717, 1.165) is 12.8 Å². The van der Waals surface area contributed by atoms with E-state index in [4.69, 9.17) is 0 Å². The lowest BCUT2D eigenvalue weighted by atomic mass is 10.2. The molecule has 0 unspecified atom stereocenters. The Labute approximate surface area is 111 Å². The third kappa shape index (κ3) is 12.4. The van der Waals surface area contributed by atoms with Crippen LogP contribution in [0.4, 0.5) is 0 Å². The molecule has 0 heterocycles. The minimum absolute atomic E-state index is 0.485. The van der Waals surface area contributed by atoms with E-state index in [0.29, 0.717) is 12.8 Å². The monoisotopic (exact) mass is 242 g/mol. The Morgan fingerprint density at radius 3 is 2.50 bits per heavy atom. The maximum atomic E-state index is 9.26. The van der Waals surface area contributed by atoms with Crippen molar-refractivity contribution >= 4 is 0 Å². The highest BCUT2D eigenvalue weighted by molar-refractivity contribution is 5.28. The lowest BCUT2D eigenvalue weighted by Crippen LogP contribution is -1.99. The molecule has 1 N–H and O–H groups in total. The highest BCUT2D eigenvalue weighted by atomic mass is 16.3. The van der Waals surface area contributed by atoms with Gasteiger partial charge in [-0.25, -0.2) is 0 Å². The first kappa shape index (κ1) is 16.3. The van der Waals surface area contributed by atoms with Crippen LogP contribution in [-0.4, -0.2) is 11.2 Å². The summed E-state index contributed by atoms with van der Waals surface area (Å²) in [4.78, 5) is 0. The second kappa shape index (κ2) is 13.4. The van der Waals surface area contributed by atoms with E-state index >= 15 is 0 Å². The number of aliphatic hydroxyl groups is 1. The fraction of sp³-hybridized carbons (Fsp3) is 0.412. The van der Waals surface area contributed by atoms with Crippen molar-refractivity contribution in [2.24, 2.45) is 0 Å². The molecule has 0 spiro atoms. The van der Waals surface area contributed by atoms with Gasteiger partial charge in [-0.3, -0.25) is 0 Å². The first-order chi connectivity index (χ1) is 8.81. The van der Waals surface area contributed by atoms with Crippen molar-refractivity contribution < 1.29 is 5.11 Å². The first-order valence-electron chi connectivity index (χ1n) is 6.34. The highest BCUT2D eigenvalue weighted by Crippen LogP contribution is 2.00. The third-order valence-electron chi connectivity index (χ3n) is 2.20. The molecule has 0 rings (SSSR count). The Bertz CT molecular complexity index is 368. The lowest BCUT2D eigenvalue weighted by molar-refractivity contribution is 0.236. The van der Waals surface area contributed by atoms with E-state index < -0.39 is 6.10 Å². The molecule has 1 atom stereocenters. The van der Waals surface area contributed by atoms with E-state index in [9.17, 15) is 5.11 Å². The number of rotatable bonds is 8.